The molecule has 6 nitrogen and oxygen atoms in total. The number of nitrogens with two attached hydrogens (primary N) is 1. The zero-order valence-corrected chi connectivity index (χ0v) is 13.4. The third kappa shape index (κ3) is 5.41. The topological polar surface area (TPSA) is 78.7 Å². The van der Waals surface area contributed by atoms with E-state index in [1.165, 1.54) is 5.56 Å². The molecule has 0 spiro atoms. The summed E-state index contributed by atoms with van der Waals surface area (Å²) in [7, 11) is 0. The van der Waals surface area contributed by atoms with Crippen molar-refractivity contribution in [3.63, 3.8) is 0 Å². The molecule has 6 heteroatoms. The number of carbonyl (C=O) groups is 2. The van der Waals surface area contributed by atoms with E-state index >= 15 is 0 Å². The number of piperazine rings is 1. The van der Waals surface area contributed by atoms with Gasteiger partial charge in [-0.2, -0.15) is 0 Å². The first kappa shape index (κ1) is 17.0. The smallest absolute Gasteiger partial charge is 0.312 e. The van der Waals surface area contributed by atoms with Crippen molar-refractivity contribution in [2.45, 2.75) is 13.0 Å². The third-order valence-corrected chi connectivity index (χ3v) is 3.89. The number of benzene rings is 1. The lowest BCUT2D eigenvalue weighted by molar-refractivity contribution is -0.134. The molecule has 1 saturated heterocycles. The Morgan fingerprint density at radius 3 is 2.48 bits per heavy atom. The molecule has 1 aliphatic rings. The summed E-state index contributed by atoms with van der Waals surface area (Å²) in [4.78, 5) is 27.0. The highest BCUT2D eigenvalue weighted by Gasteiger charge is 2.24. The van der Waals surface area contributed by atoms with Gasteiger partial charge in [0.1, 0.15) is 6.04 Å². The minimum absolute atomic E-state index is 0.0803. The second kappa shape index (κ2) is 8.33. The molecule has 1 heterocycles. The molecule has 1 unspecified atom stereocenters. The van der Waals surface area contributed by atoms with E-state index in [0.717, 1.165) is 19.6 Å². The molecule has 1 aliphatic heterocycles. The summed E-state index contributed by atoms with van der Waals surface area (Å²) < 4.78 is 0. The summed E-state index contributed by atoms with van der Waals surface area (Å²) in [5.41, 5.74) is 6.24. The van der Waals surface area contributed by atoms with Crippen molar-refractivity contribution in [3.8, 4) is 0 Å². The van der Waals surface area contributed by atoms with Gasteiger partial charge in [-0.1, -0.05) is 42.5 Å². The second-order valence-corrected chi connectivity index (χ2v) is 5.67. The first-order valence-corrected chi connectivity index (χ1v) is 7.85. The van der Waals surface area contributed by atoms with Crippen molar-refractivity contribution in [2.24, 2.45) is 5.73 Å². The van der Waals surface area contributed by atoms with Crippen molar-refractivity contribution in [2.75, 3.05) is 32.7 Å². The van der Waals surface area contributed by atoms with Gasteiger partial charge in [-0.3, -0.25) is 9.69 Å². The molecule has 0 saturated carbocycles. The maximum atomic E-state index is 12.2. The van der Waals surface area contributed by atoms with Gasteiger partial charge in [0.2, 0.25) is 5.91 Å². The van der Waals surface area contributed by atoms with Gasteiger partial charge in [0.15, 0.2) is 0 Å². The van der Waals surface area contributed by atoms with E-state index in [4.69, 9.17) is 5.73 Å². The molecule has 124 valence electrons. The van der Waals surface area contributed by atoms with Crippen LogP contribution in [0.3, 0.4) is 0 Å². The van der Waals surface area contributed by atoms with Gasteiger partial charge in [-0.15, -0.1) is 0 Å². The fraction of sp³-hybridized carbons (Fsp3) is 0.412. The van der Waals surface area contributed by atoms with Crippen LogP contribution in [0.15, 0.2) is 36.4 Å². The lowest BCUT2D eigenvalue weighted by Crippen LogP contribution is -2.54. The van der Waals surface area contributed by atoms with Crippen LogP contribution in [-0.2, 0) is 4.79 Å². The van der Waals surface area contributed by atoms with E-state index in [1.54, 1.807) is 11.8 Å². The molecule has 0 aromatic heterocycles. The van der Waals surface area contributed by atoms with Crippen LogP contribution in [-0.4, -0.2) is 60.5 Å². The maximum absolute atomic E-state index is 12.2. The van der Waals surface area contributed by atoms with Crippen molar-refractivity contribution in [1.82, 2.24) is 15.1 Å². The molecule has 23 heavy (non-hydrogen) atoms. The number of hydrogen-bond donors (Lipinski definition) is 2. The molecule has 3 N–H and O–H groups in total. The normalized spacial score (nSPS) is 17.2. The lowest BCUT2D eigenvalue weighted by Gasteiger charge is -2.35. The summed E-state index contributed by atoms with van der Waals surface area (Å²) in [6.45, 7) is 5.52. The van der Waals surface area contributed by atoms with E-state index in [9.17, 15) is 9.59 Å². The maximum Gasteiger partial charge on any atom is 0.312 e. The number of nitrogens with zero attached hydrogens (tertiary/aromatic N) is 2. The lowest BCUT2D eigenvalue weighted by atomic mass is 10.2. The quantitative estimate of drug-likeness (QED) is 0.847. The summed E-state index contributed by atoms with van der Waals surface area (Å²) in [5.74, 6) is -0.0803. The van der Waals surface area contributed by atoms with Gasteiger partial charge in [-0.25, -0.2) is 4.79 Å². The Kier molecular flexibility index (Phi) is 6.17. The van der Waals surface area contributed by atoms with Crippen LogP contribution >= 0.6 is 0 Å². The first-order chi connectivity index (χ1) is 11.1. The van der Waals surface area contributed by atoms with Gasteiger partial charge >= 0.3 is 6.03 Å². The van der Waals surface area contributed by atoms with E-state index in [1.807, 2.05) is 18.2 Å². The number of urea groups is 1. The molecule has 0 aliphatic carbocycles. The van der Waals surface area contributed by atoms with Crippen LogP contribution in [0.5, 0.6) is 0 Å². The summed E-state index contributed by atoms with van der Waals surface area (Å²) in [6, 6.07) is 8.94. The Morgan fingerprint density at radius 2 is 1.87 bits per heavy atom. The fourth-order valence-electron chi connectivity index (χ4n) is 2.60. The highest BCUT2D eigenvalue weighted by molar-refractivity contribution is 5.86. The van der Waals surface area contributed by atoms with Crippen molar-refractivity contribution < 1.29 is 9.59 Å². The van der Waals surface area contributed by atoms with Crippen LogP contribution in [0.2, 0.25) is 0 Å². The number of hydrogen-bond acceptors (Lipinski definition) is 3. The van der Waals surface area contributed by atoms with Crippen molar-refractivity contribution in [1.29, 1.82) is 0 Å². The number of amides is 3. The standard InChI is InChI=1S/C17H24N4O2/c1-14(19-17(18)23)16(22)21-12-10-20(11-13-21)9-5-8-15-6-3-2-4-7-15/h2-8,14H,9-13H2,1H3,(H3,18,19,23). The van der Waals surface area contributed by atoms with Gasteiger partial charge in [0, 0.05) is 32.7 Å². The Hall–Kier alpha value is -2.34. The predicted molar refractivity (Wildman–Crippen MR) is 90.7 cm³/mol. The van der Waals surface area contributed by atoms with Crippen LogP contribution in [0.1, 0.15) is 12.5 Å². The van der Waals surface area contributed by atoms with Gasteiger partial charge in [0.25, 0.3) is 0 Å². The third-order valence-electron chi connectivity index (χ3n) is 3.89. The average Bonchev–Trinajstić information content (AvgIpc) is 2.55. The molecule has 0 radical (unpaired) electrons. The van der Waals surface area contributed by atoms with Gasteiger partial charge in [-0.05, 0) is 12.5 Å². The zero-order chi connectivity index (χ0) is 16.7. The number of primary amides is 1. The monoisotopic (exact) mass is 316 g/mol. The van der Waals surface area contributed by atoms with E-state index < -0.39 is 12.1 Å². The molecule has 1 aromatic carbocycles. The number of nitrogens with one attached hydrogen (secondary N) is 1. The van der Waals surface area contributed by atoms with E-state index in [-0.39, 0.29) is 5.91 Å². The molecular weight excluding hydrogens is 292 g/mol. The highest BCUT2D eigenvalue weighted by Crippen LogP contribution is 2.06. The minimum atomic E-state index is -0.671. The average molecular weight is 316 g/mol. The molecular formula is C17H24N4O2. The summed E-state index contributed by atoms with van der Waals surface area (Å²) in [6.07, 6.45) is 4.25. The molecule has 1 fully saturated rings. The molecule has 3 amide bonds. The van der Waals surface area contributed by atoms with Crippen LogP contribution < -0.4 is 11.1 Å². The SMILES string of the molecule is CC(NC(N)=O)C(=O)N1CCN(CC=Cc2ccccc2)CC1. The van der Waals surface area contributed by atoms with Gasteiger partial charge in [0.05, 0.1) is 0 Å². The predicted octanol–water partition coefficient (Wildman–Crippen LogP) is 0.901. The summed E-state index contributed by atoms with van der Waals surface area (Å²) in [5, 5.41) is 2.43. The highest BCUT2D eigenvalue weighted by atomic mass is 16.2. The summed E-state index contributed by atoms with van der Waals surface area (Å²) >= 11 is 0. The van der Waals surface area contributed by atoms with E-state index in [2.05, 4.69) is 34.5 Å². The first-order valence-electron chi connectivity index (χ1n) is 7.85. The Morgan fingerprint density at radius 1 is 1.22 bits per heavy atom. The minimum Gasteiger partial charge on any atom is -0.352 e. The Bertz CT molecular complexity index is 551. The van der Waals surface area contributed by atoms with Crippen LogP contribution in [0.4, 0.5) is 4.79 Å². The van der Waals surface area contributed by atoms with Crippen molar-refractivity contribution >= 4 is 18.0 Å². The Balaban J connectivity index is 1.74. The van der Waals surface area contributed by atoms with E-state index in [0.29, 0.717) is 13.1 Å². The zero-order valence-electron chi connectivity index (χ0n) is 13.4. The largest absolute Gasteiger partial charge is 0.352 e. The fourth-order valence-corrected chi connectivity index (χ4v) is 2.60. The molecule has 0 bridgehead atoms. The van der Waals surface area contributed by atoms with Crippen LogP contribution in [0.25, 0.3) is 6.08 Å². The second-order valence-electron chi connectivity index (χ2n) is 5.67. The van der Waals surface area contributed by atoms with Crippen LogP contribution in [0, 0.1) is 0 Å². The molecule has 1 aromatic rings. The van der Waals surface area contributed by atoms with Crippen molar-refractivity contribution in [3.05, 3.63) is 42.0 Å². The Labute approximate surface area is 136 Å². The molecule has 2 rings (SSSR count). The number of rotatable bonds is 5. The van der Waals surface area contributed by atoms with Gasteiger partial charge < -0.3 is 16.0 Å². The molecule has 1 atom stereocenters. The number of carbonyl (C=O) groups excluding carboxylic acids is 2.